The highest BCUT2D eigenvalue weighted by atomic mass is 19.4. The van der Waals surface area contributed by atoms with Crippen LogP contribution >= 0.6 is 0 Å². The van der Waals surface area contributed by atoms with Crippen molar-refractivity contribution in [2.24, 2.45) is 0 Å². The Hall–Kier alpha value is -1.33. The molecule has 1 unspecified atom stereocenters. The van der Waals surface area contributed by atoms with E-state index in [4.69, 9.17) is 0 Å². The summed E-state index contributed by atoms with van der Waals surface area (Å²) in [5.74, 6) is -0.125. The van der Waals surface area contributed by atoms with Gasteiger partial charge >= 0.3 is 6.18 Å². The summed E-state index contributed by atoms with van der Waals surface area (Å²) in [7, 11) is 0. The van der Waals surface area contributed by atoms with Crippen molar-refractivity contribution < 1.29 is 17.9 Å². The molecule has 0 saturated heterocycles. The number of ether oxygens (including phenoxy) is 1. The predicted octanol–water partition coefficient (Wildman–Crippen LogP) is 3.14. The molecule has 1 atom stereocenters. The maximum absolute atomic E-state index is 12.0. The van der Waals surface area contributed by atoms with Crippen LogP contribution in [0, 0.1) is 6.92 Å². The van der Waals surface area contributed by atoms with E-state index in [9.17, 15) is 13.2 Å². The van der Waals surface area contributed by atoms with Gasteiger partial charge in [-0.05, 0) is 13.8 Å². The Bertz CT molecular complexity index is 298. The lowest BCUT2D eigenvalue weighted by atomic mass is 10.4. The summed E-state index contributed by atoms with van der Waals surface area (Å²) in [5, 5.41) is 0. The highest BCUT2D eigenvalue weighted by Crippen LogP contribution is 2.23. The third kappa shape index (κ3) is 4.95. The lowest BCUT2D eigenvalue weighted by molar-refractivity contribution is -0.190. The van der Waals surface area contributed by atoms with E-state index in [1.165, 1.54) is 6.20 Å². The Kier molecular flexibility index (Phi) is 5.77. The number of rotatable bonds is 2. The minimum atomic E-state index is -4.38. The molecule has 0 amide bonds. The predicted molar refractivity (Wildman–Crippen MR) is 54.3 cm³/mol. The second-order valence-electron chi connectivity index (χ2n) is 2.80. The largest absolute Gasteiger partial charge is 0.464 e. The molecule has 1 aromatic rings. The van der Waals surface area contributed by atoms with Gasteiger partial charge in [-0.2, -0.15) is 13.2 Å². The molecule has 0 N–H and O–H groups in total. The van der Waals surface area contributed by atoms with Crippen molar-refractivity contribution in [1.82, 2.24) is 9.97 Å². The van der Waals surface area contributed by atoms with E-state index in [1.54, 1.807) is 6.92 Å². The van der Waals surface area contributed by atoms with Crippen molar-refractivity contribution in [2.45, 2.75) is 40.0 Å². The quantitative estimate of drug-likeness (QED) is 0.791. The van der Waals surface area contributed by atoms with Crippen LogP contribution in [0.15, 0.2) is 12.4 Å². The highest BCUT2D eigenvalue weighted by Gasteiger charge is 2.38. The first kappa shape index (κ1) is 14.7. The third-order valence-corrected chi connectivity index (χ3v) is 1.52. The molecule has 0 aliphatic heterocycles. The fraction of sp³-hybridized carbons (Fsp3) is 0.600. The van der Waals surface area contributed by atoms with Gasteiger partial charge in [0.25, 0.3) is 0 Å². The minimum Gasteiger partial charge on any atom is -0.464 e. The van der Waals surface area contributed by atoms with Crippen molar-refractivity contribution in [1.29, 1.82) is 0 Å². The van der Waals surface area contributed by atoms with Crippen molar-refractivity contribution in [3.05, 3.63) is 18.1 Å². The Morgan fingerprint density at radius 2 is 1.75 bits per heavy atom. The van der Waals surface area contributed by atoms with E-state index in [2.05, 4.69) is 14.7 Å². The lowest BCUT2D eigenvalue weighted by Gasteiger charge is -2.16. The molecule has 16 heavy (non-hydrogen) atoms. The van der Waals surface area contributed by atoms with Crippen LogP contribution in [-0.2, 0) is 0 Å². The average molecular weight is 236 g/mol. The van der Waals surface area contributed by atoms with Gasteiger partial charge in [-0.15, -0.1) is 0 Å². The van der Waals surface area contributed by atoms with E-state index in [0.717, 1.165) is 13.1 Å². The molecule has 0 aromatic carbocycles. The van der Waals surface area contributed by atoms with Crippen molar-refractivity contribution in [3.8, 4) is 5.88 Å². The van der Waals surface area contributed by atoms with Gasteiger partial charge in [0.15, 0.2) is 6.10 Å². The van der Waals surface area contributed by atoms with Gasteiger partial charge in [0.1, 0.15) is 0 Å². The first-order valence-corrected chi connectivity index (χ1v) is 4.91. The number of aromatic nitrogens is 2. The van der Waals surface area contributed by atoms with Crippen LogP contribution in [0.25, 0.3) is 0 Å². The number of aryl methyl sites for hydroxylation is 1. The van der Waals surface area contributed by atoms with Crippen LogP contribution in [0.5, 0.6) is 5.88 Å². The molecule has 0 saturated carbocycles. The van der Waals surface area contributed by atoms with E-state index in [0.29, 0.717) is 5.69 Å². The number of nitrogens with zero attached hydrogens (tertiary/aromatic N) is 2. The molecule has 0 radical (unpaired) electrons. The SMILES string of the molecule is CC.Cc1cnc(OC(C)C(F)(F)F)cn1. The van der Waals surface area contributed by atoms with Crippen molar-refractivity contribution in [3.63, 3.8) is 0 Å². The molecule has 0 fully saturated rings. The van der Waals surface area contributed by atoms with Crippen LogP contribution in [0.2, 0.25) is 0 Å². The van der Waals surface area contributed by atoms with E-state index in [1.807, 2.05) is 13.8 Å². The van der Waals surface area contributed by atoms with Crippen molar-refractivity contribution >= 4 is 0 Å². The van der Waals surface area contributed by atoms with Crippen LogP contribution in [0.1, 0.15) is 26.5 Å². The monoisotopic (exact) mass is 236 g/mol. The second kappa shape index (κ2) is 6.30. The standard InChI is InChI=1S/C8H9F3N2O.C2H6/c1-5-3-13-7(4-12-5)14-6(2)8(9,10)11;1-2/h3-4,6H,1-2H3;1-2H3. The molecule has 0 aliphatic carbocycles. The second-order valence-corrected chi connectivity index (χ2v) is 2.80. The summed E-state index contributed by atoms with van der Waals surface area (Å²) in [6, 6.07) is 0. The van der Waals surface area contributed by atoms with E-state index < -0.39 is 12.3 Å². The van der Waals surface area contributed by atoms with Gasteiger partial charge < -0.3 is 4.74 Å². The van der Waals surface area contributed by atoms with E-state index >= 15 is 0 Å². The molecular weight excluding hydrogens is 221 g/mol. The molecule has 3 nitrogen and oxygen atoms in total. The van der Waals surface area contributed by atoms with Crippen LogP contribution in [-0.4, -0.2) is 22.2 Å². The van der Waals surface area contributed by atoms with E-state index in [-0.39, 0.29) is 5.88 Å². The fourth-order valence-corrected chi connectivity index (χ4v) is 0.690. The number of hydrogen-bond acceptors (Lipinski definition) is 3. The Morgan fingerprint density at radius 3 is 2.12 bits per heavy atom. The molecule has 1 rings (SSSR count). The summed E-state index contributed by atoms with van der Waals surface area (Å²) >= 11 is 0. The van der Waals surface area contributed by atoms with Crippen molar-refractivity contribution in [2.75, 3.05) is 0 Å². The Morgan fingerprint density at radius 1 is 1.19 bits per heavy atom. The molecule has 6 heteroatoms. The maximum atomic E-state index is 12.0. The van der Waals surface area contributed by atoms with Gasteiger partial charge in [0.05, 0.1) is 18.1 Å². The van der Waals surface area contributed by atoms with Crippen LogP contribution in [0.3, 0.4) is 0 Å². The normalized spacial score (nSPS) is 12.4. The number of alkyl halides is 3. The maximum Gasteiger partial charge on any atom is 0.425 e. The summed E-state index contributed by atoms with van der Waals surface area (Å²) in [5.41, 5.74) is 0.622. The summed E-state index contributed by atoms with van der Waals surface area (Å²) in [6.45, 7) is 6.60. The van der Waals surface area contributed by atoms with Gasteiger partial charge in [-0.25, -0.2) is 4.98 Å². The zero-order valence-corrected chi connectivity index (χ0v) is 9.67. The average Bonchev–Trinajstić information content (AvgIpc) is 2.23. The summed E-state index contributed by atoms with van der Waals surface area (Å²) < 4.78 is 40.7. The number of hydrogen-bond donors (Lipinski definition) is 0. The number of halogens is 3. The van der Waals surface area contributed by atoms with Crippen LogP contribution < -0.4 is 4.74 Å². The Balaban J connectivity index is 0.00000106. The zero-order chi connectivity index (χ0) is 12.8. The smallest absolute Gasteiger partial charge is 0.425 e. The molecule has 0 bridgehead atoms. The summed E-state index contributed by atoms with van der Waals surface area (Å²) in [6.07, 6.45) is -3.75. The zero-order valence-electron chi connectivity index (χ0n) is 9.67. The molecule has 0 spiro atoms. The van der Waals surface area contributed by atoms with Gasteiger partial charge in [-0.3, -0.25) is 4.98 Å². The highest BCUT2D eigenvalue weighted by molar-refractivity contribution is 5.06. The fourth-order valence-electron chi connectivity index (χ4n) is 0.690. The minimum absolute atomic E-state index is 0.125. The van der Waals surface area contributed by atoms with Crippen LogP contribution in [0.4, 0.5) is 13.2 Å². The first-order valence-electron chi connectivity index (χ1n) is 4.91. The topological polar surface area (TPSA) is 35.0 Å². The lowest BCUT2D eigenvalue weighted by Crippen LogP contribution is -2.31. The molecule has 1 heterocycles. The molecule has 92 valence electrons. The third-order valence-electron chi connectivity index (χ3n) is 1.52. The summed E-state index contributed by atoms with van der Waals surface area (Å²) in [4.78, 5) is 7.41. The molecular formula is C10H15F3N2O. The molecule has 0 aliphatic rings. The van der Waals surface area contributed by atoms with Gasteiger partial charge in [0.2, 0.25) is 5.88 Å². The molecule has 1 aromatic heterocycles. The van der Waals surface area contributed by atoms with Gasteiger partial charge in [-0.1, -0.05) is 13.8 Å². The van der Waals surface area contributed by atoms with Gasteiger partial charge in [0, 0.05) is 0 Å². The Labute approximate surface area is 92.7 Å². The first-order chi connectivity index (χ1) is 7.39.